The van der Waals surface area contributed by atoms with Crippen LogP contribution in [-0.2, 0) is 0 Å². The number of phenolic OH excluding ortho intramolecular Hbond substituents is 2. The first kappa shape index (κ1) is 13.5. The molecule has 19 heavy (non-hydrogen) atoms. The first-order valence-electron chi connectivity index (χ1n) is 6.64. The average molecular weight is 256 g/mol. The van der Waals surface area contributed by atoms with Gasteiger partial charge in [-0.2, -0.15) is 0 Å². The van der Waals surface area contributed by atoms with Gasteiger partial charge in [-0.05, 0) is 47.7 Å². The minimum Gasteiger partial charge on any atom is -0.508 e. The van der Waals surface area contributed by atoms with E-state index in [1.54, 1.807) is 24.3 Å². The number of hydrogen-bond donors (Lipinski definition) is 2. The van der Waals surface area contributed by atoms with Crippen LogP contribution in [0.5, 0.6) is 11.5 Å². The van der Waals surface area contributed by atoms with Crippen molar-refractivity contribution in [2.75, 3.05) is 0 Å². The molecule has 0 aliphatic carbocycles. The van der Waals surface area contributed by atoms with Crippen LogP contribution in [-0.4, -0.2) is 10.2 Å². The van der Waals surface area contributed by atoms with Gasteiger partial charge in [-0.15, -0.1) is 0 Å². The van der Waals surface area contributed by atoms with Crippen LogP contribution in [0.15, 0.2) is 48.5 Å². The topological polar surface area (TPSA) is 40.5 Å². The smallest absolute Gasteiger partial charge is 0.115 e. The van der Waals surface area contributed by atoms with Crippen molar-refractivity contribution in [2.24, 2.45) is 5.92 Å². The third-order valence-corrected chi connectivity index (χ3v) is 3.30. The van der Waals surface area contributed by atoms with Crippen molar-refractivity contribution in [3.8, 4) is 11.5 Å². The zero-order valence-electron chi connectivity index (χ0n) is 11.4. The maximum atomic E-state index is 9.39. The van der Waals surface area contributed by atoms with Gasteiger partial charge in [0.05, 0.1) is 0 Å². The number of hydrogen-bond acceptors (Lipinski definition) is 2. The van der Waals surface area contributed by atoms with Gasteiger partial charge in [-0.1, -0.05) is 38.1 Å². The molecule has 0 heterocycles. The summed E-state index contributed by atoms with van der Waals surface area (Å²) < 4.78 is 0. The van der Waals surface area contributed by atoms with Crippen molar-refractivity contribution in [3.63, 3.8) is 0 Å². The van der Waals surface area contributed by atoms with Crippen molar-refractivity contribution < 1.29 is 10.2 Å². The summed E-state index contributed by atoms with van der Waals surface area (Å²) in [7, 11) is 0. The molecule has 0 aliphatic heterocycles. The first-order valence-corrected chi connectivity index (χ1v) is 6.64. The van der Waals surface area contributed by atoms with Crippen molar-refractivity contribution >= 4 is 0 Å². The molecule has 0 radical (unpaired) electrons. The highest BCUT2D eigenvalue weighted by atomic mass is 16.3. The molecule has 0 spiro atoms. The van der Waals surface area contributed by atoms with Gasteiger partial charge in [-0.3, -0.25) is 0 Å². The Labute approximate surface area is 114 Å². The van der Waals surface area contributed by atoms with Crippen LogP contribution in [0.4, 0.5) is 0 Å². The molecule has 0 bridgehead atoms. The van der Waals surface area contributed by atoms with Gasteiger partial charge < -0.3 is 10.2 Å². The van der Waals surface area contributed by atoms with E-state index in [0.717, 1.165) is 6.42 Å². The lowest BCUT2D eigenvalue weighted by Crippen LogP contribution is -2.04. The Balaban J connectivity index is 2.35. The van der Waals surface area contributed by atoms with E-state index >= 15 is 0 Å². The molecule has 0 fully saturated rings. The Bertz CT molecular complexity index is 466. The van der Waals surface area contributed by atoms with Gasteiger partial charge in [0.25, 0.3) is 0 Å². The third-order valence-electron chi connectivity index (χ3n) is 3.30. The van der Waals surface area contributed by atoms with Crippen molar-refractivity contribution in [1.82, 2.24) is 0 Å². The fraction of sp³-hybridized carbons (Fsp3) is 0.294. The van der Waals surface area contributed by atoms with E-state index in [-0.39, 0.29) is 11.5 Å². The van der Waals surface area contributed by atoms with Crippen molar-refractivity contribution in [2.45, 2.75) is 26.2 Å². The summed E-state index contributed by atoms with van der Waals surface area (Å²) in [5.74, 6) is 1.45. The van der Waals surface area contributed by atoms with Gasteiger partial charge >= 0.3 is 0 Å². The van der Waals surface area contributed by atoms with E-state index in [4.69, 9.17) is 0 Å². The maximum absolute atomic E-state index is 9.39. The Kier molecular flexibility index (Phi) is 4.10. The molecule has 2 rings (SSSR count). The molecule has 100 valence electrons. The summed E-state index contributed by atoms with van der Waals surface area (Å²) in [4.78, 5) is 0. The highest BCUT2D eigenvalue weighted by Crippen LogP contribution is 2.32. The van der Waals surface area contributed by atoms with E-state index in [1.165, 1.54) is 11.1 Å². The summed E-state index contributed by atoms with van der Waals surface area (Å²) in [6.45, 7) is 4.40. The Morgan fingerprint density at radius 1 is 0.737 bits per heavy atom. The minimum atomic E-state index is 0.290. The Morgan fingerprint density at radius 3 is 1.42 bits per heavy atom. The van der Waals surface area contributed by atoms with E-state index in [1.807, 2.05) is 24.3 Å². The number of phenols is 2. The molecule has 0 aliphatic rings. The normalized spacial score (nSPS) is 11.2. The van der Waals surface area contributed by atoms with Crippen LogP contribution in [0.2, 0.25) is 0 Å². The maximum Gasteiger partial charge on any atom is 0.115 e. The van der Waals surface area contributed by atoms with Crippen LogP contribution in [0.25, 0.3) is 0 Å². The van der Waals surface area contributed by atoms with Gasteiger partial charge in [0.1, 0.15) is 11.5 Å². The van der Waals surface area contributed by atoms with E-state index in [9.17, 15) is 10.2 Å². The lowest BCUT2D eigenvalue weighted by Gasteiger charge is -2.20. The molecule has 0 atom stereocenters. The van der Waals surface area contributed by atoms with Crippen LogP contribution in [0.3, 0.4) is 0 Å². The summed E-state index contributed by atoms with van der Waals surface area (Å²) in [6.07, 6.45) is 1.04. The second-order valence-electron chi connectivity index (χ2n) is 5.37. The van der Waals surface area contributed by atoms with Crippen molar-refractivity contribution in [3.05, 3.63) is 59.7 Å². The largest absolute Gasteiger partial charge is 0.508 e. The number of benzene rings is 2. The van der Waals surface area contributed by atoms with E-state index in [2.05, 4.69) is 13.8 Å². The molecular weight excluding hydrogens is 236 g/mol. The van der Waals surface area contributed by atoms with Crippen LogP contribution < -0.4 is 0 Å². The van der Waals surface area contributed by atoms with Gasteiger partial charge in [0.15, 0.2) is 0 Å². The van der Waals surface area contributed by atoms with E-state index < -0.39 is 0 Å². The van der Waals surface area contributed by atoms with Crippen LogP contribution in [0.1, 0.15) is 37.3 Å². The summed E-state index contributed by atoms with van der Waals surface area (Å²) in [6, 6.07) is 14.8. The summed E-state index contributed by atoms with van der Waals surface area (Å²) in [5.41, 5.74) is 2.38. The Hall–Kier alpha value is -1.96. The predicted octanol–water partition coefficient (Wildman–Crippen LogP) is 4.28. The average Bonchev–Trinajstić information content (AvgIpc) is 2.38. The molecule has 0 unspecified atom stereocenters. The molecule has 2 heteroatoms. The molecular formula is C17H20O2. The standard InChI is InChI=1S/C17H20O2/c1-12(2)11-17(13-3-7-15(18)8-4-13)14-5-9-16(19)10-6-14/h3-10,12,17-19H,11H2,1-2H3. The van der Waals surface area contributed by atoms with E-state index in [0.29, 0.717) is 11.8 Å². The van der Waals surface area contributed by atoms with Gasteiger partial charge in [0.2, 0.25) is 0 Å². The molecule has 2 aromatic carbocycles. The second kappa shape index (κ2) is 5.79. The monoisotopic (exact) mass is 256 g/mol. The molecule has 2 aromatic rings. The minimum absolute atomic E-state index is 0.290. The molecule has 2 N–H and O–H groups in total. The van der Waals surface area contributed by atoms with Crippen molar-refractivity contribution in [1.29, 1.82) is 0 Å². The fourth-order valence-corrected chi connectivity index (χ4v) is 2.35. The lowest BCUT2D eigenvalue weighted by molar-refractivity contribution is 0.474. The van der Waals surface area contributed by atoms with Crippen LogP contribution >= 0.6 is 0 Å². The fourth-order valence-electron chi connectivity index (χ4n) is 2.35. The molecule has 0 aromatic heterocycles. The predicted molar refractivity (Wildman–Crippen MR) is 77.5 cm³/mol. The lowest BCUT2D eigenvalue weighted by atomic mass is 9.84. The van der Waals surface area contributed by atoms with Gasteiger partial charge in [-0.25, -0.2) is 0 Å². The highest BCUT2D eigenvalue weighted by Gasteiger charge is 2.15. The number of aromatic hydroxyl groups is 2. The highest BCUT2D eigenvalue weighted by molar-refractivity contribution is 5.37. The second-order valence-corrected chi connectivity index (χ2v) is 5.37. The molecule has 2 nitrogen and oxygen atoms in total. The summed E-state index contributed by atoms with van der Waals surface area (Å²) in [5, 5.41) is 18.8. The molecule has 0 amide bonds. The summed E-state index contributed by atoms with van der Waals surface area (Å²) >= 11 is 0. The number of rotatable bonds is 4. The first-order chi connectivity index (χ1) is 9.06. The Morgan fingerprint density at radius 2 is 1.11 bits per heavy atom. The zero-order chi connectivity index (χ0) is 13.8. The molecule has 0 saturated carbocycles. The SMILES string of the molecule is CC(C)CC(c1ccc(O)cc1)c1ccc(O)cc1. The quantitative estimate of drug-likeness (QED) is 0.857. The zero-order valence-corrected chi connectivity index (χ0v) is 11.4. The van der Waals surface area contributed by atoms with Crippen LogP contribution in [0, 0.1) is 5.92 Å². The third kappa shape index (κ3) is 3.50. The van der Waals surface area contributed by atoms with Gasteiger partial charge in [0, 0.05) is 5.92 Å². The molecule has 0 saturated heterocycles.